The van der Waals surface area contributed by atoms with Gasteiger partial charge in [-0.3, -0.25) is 0 Å². The molecule has 0 atom stereocenters. The fourth-order valence-electron chi connectivity index (χ4n) is 1.42. The van der Waals surface area contributed by atoms with Crippen molar-refractivity contribution in [2.45, 2.75) is 6.61 Å². The van der Waals surface area contributed by atoms with Crippen molar-refractivity contribution in [1.29, 1.82) is 0 Å². The van der Waals surface area contributed by atoms with Crippen LogP contribution in [0.2, 0.25) is 10.0 Å². The molecule has 1 N–H and O–H groups in total. The van der Waals surface area contributed by atoms with Gasteiger partial charge < -0.3 is 9.84 Å². The van der Waals surface area contributed by atoms with Crippen LogP contribution in [0.25, 0.3) is 0 Å². The van der Waals surface area contributed by atoms with E-state index in [1.807, 2.05) is 24.3 Å². The first-order valence-corrected chi connectivity index (χ1v) is 6.66. The molecule has 0 saturated heterocycles. The molecule has 2 aromatic rings. The van der Waals surface area contributed by atoms with Crippen molar-refractivity contribution < 1.29 is 9.84 Å². The van der Waals surface area contributed by atoms with E-state index in [9.17, 15) is 5.11 Å². The van der Waals surface area contributed by atoms with Crippen LogP contribution < -0.4 is 4.74 Å². The first-order valence-electron chi connectivity index (χ1n) is 5.11. The number of halogens is 3. The van der Waals surface area contributed by atoms with Crippen LogP contribution in [-0.4, -0.2) is 5.11 Å². The molecule has 0 bridgehead atoms. The molecule has 0 fully saturated rings. The lowest BCUT2D eigenvalue weighted by Gasteiger charge is -2.10. The molecule has 0 saturated carbocycles. The van der Waals surface area contributed by atoms with Gasteiger partial charge in [0.05, 0.1) is 10.0 Å². The SMILES string of the molecule is Oc1cc(Cl)c(OCc2ccc(Br)cc2)c(Cl)c1. The Balaban J connectivity index is 2.13. The Morgan fingerprint density at radius 2 is 1.61 bits per heavy atom. The summed E-state index contributed by atoms with van der Waals surface area (Å²) in [4.78, 5) is 0. The van der Waals surface area contributed by atoms with Crippen molar-refractivity contribution >= 4 is 39.1 Å². The highest BCUT2D eigenvalue weighted by Gasteiger charge is 2.09. The standard InChI is InChI=1S/C13H9BrCl2O2/c14-9-3-1-8(2-4-9)7-18-13-11(15)5-10(17)6-12(13)16/h1-6,17H,7H2. The van der Waals surface area contributed by atoms with E-state index in [1.54, 1.807) is 0 Å². The second-order valence-electron chi connectivity index (χ2n) is 3.65. The van der Waals surface area contributed by atoms with Crippen LogP contribution in [0.5, 0.6) is 11.5 Å². The van der Waals surface area contributed by atoms with E-state index in [4.69, 9.17) is 27.9 Å². The average Bonchev–Trinajstić information content (AvgIpc) is 2.30. The molecular weight excluding hydrogens is 339 g/mol. The second-order valence-corrected chi connectivity index (χ2v) is 5.38. The number of ether oxygens (including phenoxy) is 1. The Kier molecular flexibility index (Phi) is 4.38. The molecule has 2 aromatic carbocycles. The van der Waals surface area contributed by atoms with Crippen LogP contribution in [0.15, 0.2) is 40.9 Å². The number of rotatable bonds is 3. The Morgan fingerprint density at radius 1 is 1.06 bits per heavy atom. The predicted octanol–water partition coefficient (Wildman–Crippen LogP) is 5.04. The highest BCUT2D eigenvalue weighted by Crippen LogP contribution is 2.36. The van der Waals surface area contributed by atoms with Crippen molar-refractivity contribution in [2.24, 2.45) is 0 Å². The zero-order valence-electron chi connectivity index (χ0n) is 9.16. The van der Waals surface area contributed by atoms with Gasteiger partial charge in [-0.05, 0) is 17.7 Å². The third kappa shape index (κ3) is 3.31. The highest BCUT2D eigenvalue weighted by molar-refractivity contribution is 9.10. The smallest absolute Gasteiger partial charge is 0.157 e. The van der Waals surface area contributed by atoms with Gasteiger partial charge in [-0.1, -0.05) is 51.3 Å². The number of phenols is 1. The quantitative estimate of drug-likeness (QED) is 0.842. The third-order valence-corrected chi connectivity index (χ3v) is 3.37. The Bertz CT molecular complexity index is 532. The zero-order valence-corrected chi connectivity index (χ0v) is 12.3. The maximum Gasteiger partial charge on any atom is 0.157 e. The summed E-state index contributed by atoms with van der Waals surface area (Å²) in [5.74, 6) is 0.389. The van der Waals surface area contributed by atoms with Crippen molar-refractivity contribution in [3.05, 3.63) is 56.5 Å². The van der Waals surface area contributed by atoms with Gasteiger partial charge >= 0.3 is 0 Å². The van der Waals surface area contributed by atoms with E-state index < -0.39 is 0 Å². The van der Waals surface area contributed by atoms with Crippen molar-refractivity contribution in [3.63, 3.8) is 0 Å². The number of hydrogen-bond donors (Lipinski definition) is 1. The monoisotopic (exact) mass is 346 g/mol. The third-order valence-electron chi connectivity index (χ3n) is 2.28. The summed E-state index contributed by atoms with van der Waals surface area (Å²) in [6, 6.07) is 10.5. The molecule has 0 unspecified atom stereocenters. The van der Waals surface area contributed by atoms with E-state index in [-0.39, 0.29) is 15.8 Å². The minimum Gasteiger partial charge on any atom is -0.508 e. The van der Waals surface area contributed by atoms with Crippen LogP contribution >= 0.6 is 39.1 Å². The maximum absolute atomic E-state index is 9.30. The van der Waals surface area contributed by atoms with Gasteiger partial charge in [0.15, 0.2) is 5.75 Å². The van der Waals surface area contributed by atoms with Crippen molar-refractivity contribution in [2.75, 3.05) is 0 Å². The highest BCUT2D eigenvalue weighted by atomic mass is 79.9. The van der Waals surface area contributed by atoms with Crippen molar-refractivity contribution in [3.8, 4) is 11.5 Å². The first-order chi connectivity index (χ1) is 8.56. The number of phenolic OH excluding ortho intramolecular Hbond substituents is 1. The fourth-order valence-corrected chi connectivity index (χ4v) is 2.27. The van der Waals surface area contributed by atoms with Gasteiger partial charge in [0, 0.05) is 16.6 Å². The van der Waals surface area contributed by atoms with E-state index in [0.717, 1.165) is 10.0 Å². The van der Waals surface area contributed by atoms with E-state index in [0.29, 0.717) is 12.4 Å². The topological polar surface area (TPSA) is 29.5 Å². The molecule has 0 aliphatic carbocycles. The molecule has 0 aliphatic heterocycles. The van der Waals surface area contributed by atoms with Crippen LogP contribution in [0.4, 0.5) is 0 Å². The summed E-state index contributed by atoms with van der Waals surface area (Å²) in [5, 5.41) is 9.88. The minimum absolute atomic E-state index is 0.0148. The molecule has 0 aromatic heterocycles. The molecule has 94 valence electrons. The van der Waals surface area contributed by atoms with Gasteiger partial charge in [0.1, 0.15) is 12.4 Å². The summed E-state index contributed by atoms with van der Waals surface area (Å²) in [5.41, 5.74) is 0.999. The first kappa shape index (κ1) is 13.5. The lowest BCUT2D eigenvalue weighted by molar-refractivity contribution is 0.306. The summed E-state index contributed by atoms with van der Waals surface area (Å²) >= 11 is 15.3. The van der Waals surface area contributed by atoms with E-state index in [1.165, 1.54) is 12.1 Å². The van der Waals surface area contributed by atoms with Crippen LogP contribution in [0.1, 0.15) is 5.56 Å². The van der Waals surface area contributed by atoms with Crippen LogP contribution in [-0.2, 0) is 6.61 Å². The predicted molar refractivity (Wildman–Crippen MR) is 76.6 cm³/mol. The average molecular weight is 348 g/mol. The zero-order chi connectivity index (χ0) is 13.1. The molecule has 5 heteroatoms. The molecular formula is C13H9BrCl2O2. The summed E-state index contributed by atoms with van der Waals surface area (Å²) < 4.78 is 6.56. The van der Waals surface area contributed by atoms with E-state index in [2.05, 4.69) is 15.9 Å². The number of benzene rings is 2. The Hall–Kier alpha value is -0.900. The lowest BCUT2D eigenvalue weighted by Crippen LogP contribution is -1.96. The van der Waals surface area contributed by atoms with Gasteiger partial charge in [-0.2, -0.15) is 0 Å². The Morgan fingerprint density at radius 3 is 2.17 bits per heavy atom. The minimum atomic E-state index is 0.0148. The fraction of sp³-hybridized carbons (Fsp3) is 0.0769. The van der Waals surface area contributed by atoms with Crippen LogP contribution in [0, 0.1) is 0 Å². The molecule has 0 amide bonds. The number of aromatic hydroxyl groups is 1. The van der Waals surface area contributed by atoms with E-state index >= 15 is 0 Å². The normalized spacial score (nSPS) is 10.4. The molecule has 0 aliphatic rings. The molecule has 0 spiro atoms. The summed E-state index contributed by atoms with van der Waals surface area (Å²) in [6.45, 7) is 0.359. The molecule has 18 heavy (non-hydrogen) atoms. The number of hydrogen-bond acceptors (Lipinski definition) is 2. The molecule has 2 nitrogen and oxygen atoms in total. The van der Waals surface area contributed by atoms with Gasteiger partial charge in [-0.15, -0.1) is 0 Å². The van der Waals surface area contributed by atoms with Crippen molar-refractivity contribution in [1.82, 2.24) is 0 Å². The lowest BCUT2D eigenvalue weighted by atomic mass is 10.2. The Labute approximate surface area is 123 Å². The van der Waals surface area contributed by atoms with Gasteiger partial charge in [-0.25, -0.2) is 0 Å². The largest absolute Gasteiger partial charge is 0.508 e. The molecule has 2 rings (SSSR count). The second kappa shape index (κ2) is 5.83. The summed E-state index contributed by atoms with van der Waals surface area (Å²) in [7, 11) is 0. The van der Waals surface area contributed by atoms with Gasteiger partial charge in [0.25, 0.3) is 0 Å². The maximum atomic E-state index is 9.30. The molecule has 0 radical (unpaired) electrons. The summed E-state index contributed by atoms with van der Waals surface area (Å²) in [6.07, 6.45) is 0. The van der Waals surface area contributed by atoms with Gasteiger partial charge in [0.2, 0.25) is 0 Å². The molecule has 0 heterocycles. The van der Waals surface area contributed by atoms with Crippen LogP contribution in [0.3, 0.4) is 0 Å².